The lowest BCUT2D eigenvalue weighted by atomic mass is 9.96. The SMILES string of the molecule is Cc1cc(-c2c(-c3ccccc3C#N)nc(N)n3nc(OCc4ncccc4C)nc23)cc(C)n1. The molecular weight excluding hydrogens is 440 g/mol. The summed E-state index contributed by atoms with van der Waals surface area (Å²) in [6, 6.07) is 17.4. The number of anilines is 1. The molecule has 35 heavy (non-hydrogen) atoms. The van der Waals surface area contributed by atoms with Gasteiger partial charge in [-0.25, -0.2) is 4.98 Å². The van der Waals surface area contributed by atoms with Crippen LogP contribution in [0.4, 0.5) is 5.95 Å². The molecule has 0 unspecified atom stereocenters. The summed E-state index contributed by atoms with van der Waals surface area (Å²) in [6.07, 6.45) is 1.72. The molecule has 9 heteroatoms. The zero-order valence-electron chi connectivity index (χ0n) is 19.5. The molecule has 0 aliphatic rings. The van der Waals surface area contributed by atoms with Crippen LogP contribution in [0, 0.1) is 32.1 Å². The van der Waals surface area contributed by atoms with Crippen LogP contribution in [0.15, 0.2) is 54.7 Å². The predicted octanol–water partition coefficient (Wildman–Crippen LogP) is 4.21. The smallest absolute Gasteiger partial charge is 0.336 e. The van der Waals surface area contributed by atoms with Crippen LogP contribution in [0.3, 0.4) is 0 Å². The first-order valence-corrected chi connectivity index (χ1v) is 11.0. The molecule has 0 aliphatic carbocycles. The lowest BCUT2D eigenvalue weighted by Gasteiger charge is -2.13. The number of hydrogen-bond acceptors (Lipinski definition) is 8. The van der Waals surface area contributed by atoms with E-state index in [-0.39, 0.29) is 18.6 Å². The summed E-state index contributed by atoms with van der Waals surface area (Å²) in [5, 5.41) is 14.2. The van der Waals surface area contributed by atoms with Crippen molar-refractivity contribution in [3.63, 3.8) is 0 Å². The number of nitriles is 1. The number of nitrogen functional groups attached to an aromatic ring is 1. The van der Waals surface area contributed by atoms with Gasteiger partial charge in [0.25, 0.3) is 0 Å². The van der Waals surface area contributed by atoms with Crippen molar-refractivity contribution >= 4 is 11.6 Å². The van der Waals surface area contributed by atoms with Crippen LogP contribution in [0.1, 0.15) is 28.2 Å². The van der Waals surface area contributed by atoms with Crippen molar-refractivity contribution in [1.29, 1.82) is 5.26 Å². The average molecular weight is 463 g/mol. The molecule has 1 aromatic carbocycles. The van der Waals surface area contributed by atoms with Crippen molar-refractivity contribution < 1.29 is 4.74 Å². The Bertz CT molecular complexity index is 1600. The molecule has 4 heterocycles. The van der Waals surface area contributed by atoms with Crippen LogP contribution < -0.4 is 10.5 Å². The zero-order valence-corrected chi connectivity index (χ0v) is 19.5. The molecule has 0 saturated carbocycles. The Kier molecular flexibility index (Phi) is 5.55. The fourth-order valence-electron chi connectivity index (χ4n) is 4.03. The van der Waals surface area contributed by atoms with E-state index < -0.39 is 0 Å². The Morgan fingerprint density at radius 2 is 1.77 bits per heavy atom. The number of aromatic nitrogens is 6. The number of nitrogens with two attached hydrogens (primary N) is 1. The number of hydrogen-bond donors (Lipinski definition) is 1. The lowest BCUT2D eigenvalue weighted by molar-refractivity contribution is 0.276. The van der Waals surface area contributed by atoms with E-state index >= 15 is 0 Å². The van der Waals surface area contributed by atoms with Gasteiger partial charge in [-0.15, -0.1) is 5.10 Å². The largest absolute Gasteiger partial charge is 0.456 e. The van der Waals surface area contributed by atoms with Gasteiger partial charge in [0.05, 0.1) is 28.6 Å². The number of rotatable bonds is 5. The predicted molar refractivity (Wildman–Crippen MR) is 131 cm³/mol. The van der Waals surface area contributed by atoms with E-state index in [1.54, 1.807) is 12.3 Å². The van der Waals surface area contributed by atoms with E-state index in [2.05, 4.69) is 31.1 Å². The molecule has 0 saturated heterocycles. The molecule has 0 radical (unpaired) electrons. The summed E-state index contributed by atoms with van der Waals surface area (Å²) >= 11 is 0. The Morgan fingerprint density at radius 1 is 1.00 bits per heavy atom. The molecule has 5 aromatic rings. The second kappa shape index (κ2) is 8.83. The van der Waals surface area contributed by atoms with Gasteiger partial charge >= 0.3 is 6.01 Å². The minimum atomic E-state index is 0.130. The maximum Gasteiger partial charge on any atom is 0.336 e. The molecule has 9 nitrogen and oxygen atoms in total. The first kappa shape index (κ1) is 22.0. The Balaban J connectivity index is 1.72. The first-order valence-electron chi connectivity index (χ1n) is 11.0. The van der Waals surface area contributed by atoms with Crippen molar-refractivity contribution in [1.82, 2.24) is 29.5 Å². The highest BCUT2D eigenvalue weighted by Gasteiger charge is 2.22. The van der Waals surface area contributed by atoms with Crippen molar-refractivity contribution in [3.05, 3.63) is 82.9 Å². The van der Waals surface area contributed by atoms with E-state index in [1.165, 1.54) is 4.52 Å². The van der Waals surface area contributed by atoms with E-state index in [0.717, 1.165) is 28.2 Å². The molecule has 172 valence electrons. The number of pyridine rings is 2. The highest BCUT2D eigenvalue weighted by molar-refractivity contribution is 5.92. The molecule has 5 rings (SSSR count). The molecule has 2 N–H and O–H groups in total. The minimum Gasteiger partial charge on any atom is -0.456 e. The summed E-state index contributed by atoms with van der Waals surface area (Å²) in [5.74, 6) is 0.130. The highest BCUT2D eigenvalue weighted by Crippen LogP contribution is 2.37. The summed E-state index contributed by atoms with van der Waals surface area (Å²) < 4.78 is 7.35. The number of aryl methyl sites for hydroxylation is 3. The maximum atomic E-state index is 9.74. The van der Waals surface area contributed by atoms with Crippen LogP contribution in [0.25, 0.3) is 28.0 Å². The third-order valence-electron chi connectivity index (χ3n) is 5.62. The van der Waals surface area contributed by atoms with Gasteiger partial charge in [0.1, 0.15) is 6.61 Å². The zero-order chi connectivity index (χ0) is 24.5. The van der Waals surface area contributed by atoms with E-state index in [0.29, 0.717) is 28.0 Å². The highest BCUT2D eigenvalue weighted by atomic mass is 16.5. The van der Waals surface area contributed by atoms with Crippen molar-refractivity contribution in [3.8, 4) is 34.5 Å². The summed E-state index contributed by atoms with van der Waals surface area (Å²) in [6.45, 7) is 6.03. The standard InChI is InChI=1S/C26H22N8O/c1-15-7-6-10-29-21(15)14-35-26-32-24-22(19-11-16(2)30-17(3)12-19)23(31-25(28)34(24)33-26)20-9-5-4-8-18(20)13-27/h4-12H,14H2,1-3H3,(H2,28,31). The van der Waals surface area contributed by atoms with Crippen LogP contribution >= 0.6 is 0 Å². The molecule has 0 spiro atoms. The monoisotopic (exact) mass is 462 g/mol. The summed E-state index contributed by atoms with van der Waals surface area (Å²) in [7, 11) is 0. The number of nitrogens with zero attached hydrogens (tertiary/aromatic N) is 7. The van der Waals surface area contributed by atoms with Crippen LogP contribution in [-0.4, -0.2) is 29.5 Å². The lowest BCUT2D eigenvalue weighted by Crippen LogP contribution is -2.07. The Morgan fingerprint density at radius 3 is 2.51 bits per heavy atom. The van der Waals surface area contributed by atoms with E-state index in [1.807, 2.05) is 63.2 Å². The van der Waals surface area contributed by atoms with Gasteiger partial charge in [0.15, 0.2) is 5.65 Å². The van der Waals surface area contributed by atoms with Crippen LogP contribution in [-0.2, 0) is 6.61 Å². The molecule has 0 aliphatic heterocycles. The molecule has 0 fully saturated rings. The van der Waals surface area contributed by atoms with Gasteiger partial charge < -0.3 is 10.5 Å². The molecule has 4 aromatic heterocycles. The van der Waals surface area contributed by atoms with E-state index in [4.69, 9.17) is 10.5 Å². The maximum absolute atomic E-state index is 9.74. The number of fused-ring (bicyclic) bond motifs is 1. The molecular formula is C26H22N8O. The fourth-order valence-corrected chi connectivity index (χ4v) is 4.03. The number of benzene rings is 1. The Labute approximate surface area is 201 Å². The molecule has 0 atom stereocenters. The van der Waals surface area contributed by atoms with Gasteiger partial charge in [-0.3, -0.25) is 9.97 Å². The van der Waals surface area contributed by atoms with Crippen LogP contribution in [0.2, 0.25) is 0 Å². The third-order valence-corrected chi connectivity index (χ3v) is 5.62. The Hall–Kier alpha value is -4.84. The van der Waals surface area contributed by atoms with Gasteiger partial charge in [-0.2, -0.15) is 14.8 Å². The van der Waals surface area contributed by atoms with Gasteiger partial charge in [-0.05, 0) is 56.2 Å². The second-order valence-corrected chi connectivity index (χ2v) is 8.18. The minimum absolute atomic E-state index is 0.130. The third kappa shape index (κ3) is 4.13. The molecule has 0 amide bonds. The van der Waals surface area contributed by atoms with Gasteiger partial charge in [-0.1, -0.05) is 24.3 Å². The summed E-state index contributed by atoms with van der Waals surface area (Å²) in [5.41, 5.74) is 13.5. The van der Waals surface area contributed by atoms with Crippen molar-refractivity contribution in [2.24, 2.45) is 0 Å². The normalized spacial score (nSPS) is 10.9. The quantitative estimate of drug-likeness (QED) is 0.411. The topological polar surface area (TPSA) is 128 Å². The van der Waals surface area contributed by atoms with Gasteiger partial charge in [0, 0.05) is 23.1 Å². The van der Waals surface area contributed by atoms with E-state index in [9.17, 15) is 5.26 Å². The second-order valence-electron chi connectivity index (χ2n) is 8.18. The number of ether oxygens (including phenoxy) is 1. The van der Waals surface area contributed by atoms with Crippen LogP contribution in [0.5, 0.6) is 6.01 Å². The molecule has 0 bridgehead atoms. The summed E-state index contributed by atoms with van der Waals surface area (Å²) in [4.78, 5) is 18.2. The van der Waals surface area contributed by atoms with Crippen molar-refractivity contribution in [2.45, 2.75) is 27.4 Å². The fraction of sp³-hybridized carbons (Fsp3) is 0.154. The van der Waals surface area contributed by atoms with Crippen molar-refractivity contribution in [2.75, 3.05) is 5.73 Å². The average Bonchev–Trinajstić information content (AvgIpc) is 3.27. The first-order chi connectivity index (χ1) is 16.9. The van der Waals surface area contributed by atoms with Gasteiger partial charge in [0.2, 0.25) is 5.95 Å².